The SMILES string of the molecule is CC(C)C1=C(C2=C(C(C)C)C(=O)CC(C)(C)C2)CC(C)(C)CC1=O. The lowest BCUT2D eigenvalue weighted by Gasteiger charge is -2.40. The molecule has 2 rings (SSSR count). The van der Waals surface area contributed by atoms with Gasteiger partial charge in [0.15, 0.2) is 11.6 Å². The summed E-state index contributed by atoms with van der Waals surface area (Å²) in [6.45, 7) is 17.1. The van der Waals surface area contributed by atoms with E-state index in [4.69, 9.17) is 0 Å². The molecular weight excluding hydrogens is 296 g/mol. The standard InChI is InChI=1S/C22H34O2/c1-13(2)19-15(9-21(5,6)11-17(19)23)16-10-22(7,8)12-18(24)20(16)14(3)4/h13-14H,9-12H2,1-8H3. The van der Waals surface area contributed by atoms with Crippen LogP contribution in [0.25, 0.3) is 0 Å². The molecule has 0 amide bonds. The van der Waals surface area contributed by atoms with E-state index in [9.17, 15) is 9.59 Å². The highest BCUT2D eigenvalue weighted by Crippen LogP contribution is 2.48. The van der Waals surface area contributed by atoms with E-state index in [-0.39, 0.29) is 34.2 Å². The van der Waals surface area contributed by atoms with Crippen LogP contribution in [0.4, 0.5) is 0 Å². The zero-order valence-electron chi connectivity index (χ0n) is 16.8. The molecule has 24 heavy (non-hydrogen) atoms. The van der Waals surface area contributed by atoms with Crippen molar-refractivity contribution < 1.29 is 9.59 Å². The lowest BCUT2D eigenvalue weighted by atomic mass is 9.63. The first-order chi connectivity index (χ1) is 10.8. The minimum Gasteiger partial charge on any atom is -0.295 e. The molecule has 0 radical (unpaired) electrons. The van der Waals surface area contributed by atoms with Gasteiger partial charge in [0.1, 0.15) is 0 Å². The molecule has 0 spiro atoms. The van der Waals surface area contributed by atoms with Crippen molar-refractivity contribution in [3.8, 4) is 0 Å². The Labute approximate surface area is 147 Å². The van der Waals surface area contributed by atoms with E-state index in [1.54, 1.807) is 0 Å². The first-order valence-electron chi connectivity index (χ1n) is 9.37. The van der Waals surface area contributed by atoms with Gasteiger partial charge >= 0.3 is 0 Å². The lowest BCUT2D eigenvalue weighted by molar-refractivity contribution is -0.119. The summed E-state index contributed by atoms with van der Waals surface area (Å²) in [5.74, 6) is 0.986. The molecule has 0 atom stereocenters. The van der Waals surface area contributed by atoms with Crippen LogP contribution in [0.15, 0.2) is 22.3 Å². The summed E-state index contributed by atoms with van der Waals surface area (Å²) in [7, 11) is 0. The van der Waals surface area contributed by atoms with Crippen LogP contribution in [0.1, 0.15) is 81.1 Å². The van der Waals surface area contributed by atoms with Crippen molar-refractivity contribution in [3.05, 3.63) is 22.3 Å². The van der Waals surface area contributed by atoms with Crippen molar-refractivity contribution >= 4 is 11.6 Å². The van der Waals surface area contributed by atoms with Crippen molar-refractivity contribution in [1.29, 1.82) is 0 Å². The second-order valence-electron chi connectivity index (χ2n) is 9.98. The second-order valence-corrected chi connectivity index (χ2v) is 9.98. The van der Waals surface area contributed by atoms with E-state index >= 15 is 0 Å². The maximum Gasteiger partial charge on any atom is 0.159 e. The van der Waals surface area contributed by atoms with Crippen LogP contribution in [0.2, 0.25) is 0 Å². The third-order valence-corrected chi connectivity index (χ3v) is 5.36. The third kappa shape index (κ3) is 3.73. The van der Waals surface area contributed by atoms with Gasteiger partial charge in [-0.1, -0.05) is 55.4 Å². The van der Waals surface area contributed by atoms with E-state index in [1.807, 2.05) is 0 Å². The maximum atomic E-state index is 12.9. The van der Waals surface area contributed by atoms with Crippen LogP contribution >= 0.6 is 0 Å². The predicted octanol–water partition coefficient (Wildman–Crippen LogP) is 5.67. The van der Waals surface area contributed by atoms with Crippen LogP contribution in [-0.4, -0.2) is 11.6 Å². The minimum atomic E-state index is -0.0233. The Morgan fingerprint density at radius 2 is 0.917 bits per heavy atom. The summed E-state index contributed by atoms with van der Waals surface area (Å²) in [6, 6.07) is 0. The summed E-state index contributed by atoms with van der Waals surface area (Å²) in [4.78, 5) is 25.7. The Kier molecular flexibility index (Phi) is 5.01. The summed E-state index contributed by atoms with van der Waals surface area (Å²) in [5, 5.41) is 0. The van der Waals surface area contributed by atoms with E-state index < -0.39 is 0 Å². The van der Waals surface area contributed by atoms with Crippen molar-refractivity contribution in [3.63, 3.8) is 0 Å². The van der Waals surface area contributed by atoms with Gasteiger partial charge in [-0.25, -0.2) is 0 Å². The second kappa shape index (κ2) is 6.28. The molecule has 2 nitrogen and oxygen atoms in total. The third-order valence-electron chi connectivity index (χ3n) is 5.36. The summed E-state index contributed by atoms with van der Waals surface area (Å²) >= 11 is 0. The Hall–Kier alpha value is -1.18. The fraction of sp³-hybridized carbons (Fsp3) is 0.727. The van der Waals surface area contributed by atoms with Crippen molar-refractivity contribution in [1.82, 2.24) is 0 Å². The average Bonchev–Trinajstić information content (AvgIpc) is 2.32. The summed E-state index contributed by atoms with van der Waals surface area (Å²) in [6.07, 6.45) is 3.04. The molecule has 0 bridgehead atoms. The van der Waals surface area contributed by atoms with Crippen LogP contribution in [-0.2, 0) is 9.59 Å². The molecule has 0 heterocycles. The molecular formula is C22H34O2. The summed E-state index contributed by atoms with van der Waals surface area (Å²) < 4.78 is 0. The molecule has 0 saturated carbocycles. The molecule has 0 fully saturated rings. The number of hydrogen-bond acceptors (Lipinski definition) is 2. The Morgan fingerprint density at radius 3 is 1.17 bits per heavy atom. The molecule has 2 aliphatic carbocycles. The van der Waals surface area contributed by atoms with Gasteiger partial charge in [-0.3, -0.25) is 9.59 Å². The average molecular weight is 331 g/mol. The molecule has 2 aliphatic rings. The Balaban J connectivity index is 2.74. The highest BCUT2D eigenvalue weighted by Gasteiger charge is 2.40. The van der Waals surface area contributed by atoms with Crippen molar-refractivity contribution in [2.45, 2.75) is 81.1 Å². The number of rotatable bonds is 3. The fourth-order valence-corrected chi connectivity index (χ4v) is 4.55. The van der Waals surface area contributed by atoms with Gasteiger partial charge in [0.2, 0.25) is 0 Å². The molecule has 0 aromatic rings. The lowest BCUT2D eigenvalue weighted by Crippen LogP contribution is -2.33. The van der Waals surface area contributed by atoms with Gasteiger partial charge in [0.25, 0.3) is 0 Å². The maximum absolute atomic E-state index is 12.9. The summed E-state index contributed by atoms with van der Waals surface area (Å²) in [5.41, 5.74) is 4.29. The van der Waals surface area contributed by atoms with E-state index in [2.05, 4.69) is 55.4 Å². The largest absolute Gasteiger partial charge is 0.295 e. The normalized spacial score (nSPS) is 24.4. The number of carbonyl (C=O) groups excluding carboxylic acids is 2. The zero-order valence-corrected chi connectivity index (χ0v) is 16.8. The van der Waals surface area contributed by atoms with Crippen molar-refractivity contribution in [2.75, 3.05) is 0 Å². The number of hydrogen-bond donors (Lipinski definition) is 0. The molecule has 134 valence electrons. The van der Waals surface area contributed by atoms with Gasteiger partial charge in [-0.05, 0) is 46.7 Å². The smallest absolute Gasteiger partial charge is 0.159 e. The molecule has 0 aromatic heterocycles. The highest BCUT2D eigenvalue weighted by molar-refractivity contribution is 6.02. The van der Waals surface area contributed by atoms with E-state index in [1.165, 1.54) is 11.1 Å². The monoisotopic (exact) mass is 330 g/mol. The molecule has 2 heteroatoms. The Morgan fingerprint density at radius 1 is 0.625 bits per heavy atom. The molecule has 0 aliphatic heterocycles. The first-order valence-corrected chi connectivity index (χ1v) is 9.37. The van der Waals surface area contributed by atoms with Crippen molar-refractivity contribution in [2.24, 2.45) is 22.7 Å². The van der Waals surface area contributed by atoms with E-state index in [0.717, 1.165) is 24.0 Å². The number of allylic oxidation sites excluding steroid dienone is 4. The van der Waals surface area contributed by atoms with Crippen LogP contribution in [0.5, 0.6) is 0 Å². The van der Waals surface area contributed by atoms with Gasteiger partial charge in [-0.15, -0.1) is 0 Å². The van der Waals surface area contributed by atoms with Crippen LogP contribution < -0.4 is 0 Å². The number of ketones is 2. The van der Waals surface area contributed by atoms with Crippen LogP contribution in [0, 0.1) is 22.7 Å². The topological polar surface area (TPSA) is 34.1 Å². The molecule has 0 N–H and O–H groups in total. The minimum absolute atomic E-state index is 0.0233. The van der Waals surface area contributed by atoms with Gasteiger partial charge in [0.05, 0.1) is 0 Å². The first kappa shape index (κ1) is 19.1. The molecule has 0 saturated heterocycles. The predicted molar refractivity (Wildman–Crippen MR) is 99.8 cm³/mol. The van der Waals surface area contributed by atoms with Gasteiger partial charge < -0.3 is 0 Å². The quantitative estimate of drug-likeness (QED) is 0.668. The Bertz CT molecular complexity index is 568. The van der Waals surface area contributed by atoms with Gasteiger partial charge in [-0.2, -0.15) is 0 Å². The zero-order chi connectivity index (χ0) is 18.4. The van der Waals surface area contributed by atoms with Gasteiger partial charge in [0, 0.05) is 24.0 Å². The van der Waals surface area contributed by atoms with E-state index in [0.29, 0.717) is 12.8 Å². The molecule has 0 unspecified atom stereocenters. The van der Waals surface area contributed by atoms with Crippen LogP contribution in [0.3, 0.4) is 0 Å². The fourth-order valence-electron chi connectivity index (χ4n) is 4.55. The number of Topliss-reactive ketones (excluding diaryl/α,β-unsaturated/α-hetero) is 2. The highest BCUT2D eigenvalue weighted by atomic mass is 16.1. The molecule has 0 aromatic carbocycles. The number of carbonyl (C=O) groups is 2.